The lowest BCUT2D eigenvalue weighted by Crippen LogP contribution is -2.17. The van der Waals surface area contributed by atoms with Crippen molar-refractivity contribution in [1.29, 1.82) is 0 Å². The van der Waals surface area contributed by atoms with E-state index < -0.39 is 0 Å². The number of aryl methyl sites for hydroxylation is 2. The Bertz CT molecular complexity index is 1070. The Kier molecular flexibility index (Phi) is 6.47. The minimum atomic E-state index is -0.327. The molecule has 3 rings (SSSR count). The van der Waals surface area contributed by atoms with E-state index in [0.717, 1.165) is 16.7 Å². The molecule has 0 saturated heterocycles. The van der Waals surface area contributed by atoms with Crippen LogP contribution in [0.15, 0.2) is 72.8 Å². The summed E-state index contributed by atoms with van der Waals surface area (Å²) >= 11 is 5.86. The van der Waals surface area contributed by atoms with Crippen LogP contribution in [-0.2, 0) is 4.79 Å². The minimum absolute atomic E-state index is 0.286. The van der Waals surface area contributed by atoms with Gasteiger partial charge in [-0.2, -0.15) is 0 Å². The van der Waals surface area contributed by atoms with Gasteiger partial charge in [0.25, 0.3) is 5.91 Å². The number of nitrogens with one attached hydrogen (secondary N) is 2. The first kappa shape index (κ1) is 20.4. The van der Waals surface area contributed by atoms with E-state index in [0.29, 0.717) is 22.0 Å². The van der Waals surface area contributed by atoms with Gasteiger partial charge in [-0.05, 0) is 73.0 Å². The third-order valence-corrected chi connectivity index (χ3v) is 4.74. The van der Waals surface area contributed by atoms with Crippen LogP contribution in [0.25, 0.3) is 6.08 Å². The highest BCUT2D eigenvalue weighted by Crippen LogP contribution is 2.19. The van der Waals surface area contributed by atoms with E-state index in [1.807, 2.05) is 44.2 Å². The third kappa shape index (κ3) is 5.56. The summed E-state index contributed by atoms with van der Waals surface area (Å²) in [5.41, 5.74) is 4.64. The Morgan fingerprint density at radius 2 is 1.59 bits per heavy atom. The van der Waals surface area contributed by atoms with E-state index in [1.165, 1.54) is 6.08 Å². The molecule has 0 unspecified atom stereocenters. The van der Waals surface area contributed by atoms with Gasteiger partial charge in [0.2, 0.25) is 5.91 Å². The third-order valence-electron chi connectivity index (χ3n) is 4.49. The van der Waals surface area contributed by atoms with E-state index in [1.54, 1.807) is 42.5 Å². The van der Waals surface area contributed by atoms with Crippen LogP contribution in [0, 0.1) is 13.8 Å². The number of anilines is 2. The van der Waals surface area contributed by atoms with E-state index in [2.05, 4.69) is 10.6 Å². The maximum atomic E-state index is 12.7. The van der Waals surface area contributed by atoms with Crippen LogP contribution in [0.5, 0.6) is 0 Å². The molecule has 0 saturated carbocycles. The monoisotopic (exact) mass is 404 g/mol. The maximum absolute atomic E-state index is 12.7. The largest absolute Gasteiger partial charge is 0.322 e. The molecule has 2 N–H and O–H groups in total. The minimum Gasteiger partial charge on any atom is -0.322 e. The molecule has 0 heterocycles. The zero-order chi connectivity index (χ0) is 20.8. The highest BCUT2D eigenvalue weighted by atomic mass is 35.5. The van der Waals surface area contributed by atoms with Gasteiger partial charge >= 0.3 is 0 Å². The van der Waals surface area contributed by atoms with Crippen molar-refractivity contribution in [3.63, 3.8) is 0 Å². The Morgan fingerprint density at radius 3 is 2.31 bits per heavy atom. The highest BCUT2D eigenvalue weighted by molar-refractivity contribution is 6.30. The Hall–Kier alpha value is -3.37. The van der Waals surface area contributed by atoms with Crippen LogP contribution in [-0.4, -0.2) is 11.8 Å². The van der Waals surface area contributed by atoms with E-state index in [-0.39, 0.29) is 11.8 Å². The van der Waals surface area contributed by atoms with Crippen molar-refractivity contribution in [2.45, 2.75) is 13.8 Å². The average molecular weight is 405 g/mol. The molecule has 146 valence electrons. The molecule has 3 aromatic rings. The van der Waals surface area contributed by atoms with Gasteiger partial charge in [-0.25, -0.2) is 0 Å². The van der Waals surface area contributed by atoms with Gasteiger partial charge in [-0.15, -0.1) is 0 Å². The van der Waals surface area contributed by atoms with Gasteiger partial charge < -0.3 is 10.6 Å². The van der Waals surface area contributed by atoms with Crippen molar-refractivity contribution < 1.29 is 9.59 Å². The van der Waals surface area contributed by atoms with E-state index in [4.69, 9.17) is 11.6 Å². The molecule has 0 aliphatic heterocycles. The number of carbonyl (C=O) groups is 2. The van der Waals surface area contributed by atoms with Gasteiger partial charge in [0.15, 0.2) is 0 Å². The maximum Gasteiger partial charge on any atom is 0.257 e. The summed E-state index contributed by atoms with van der Waals surface area (Å²) in [6.07, 6.45) is 3.10. The molecule has 0 bridgehead atoms. The number of carbonyl (C=O) groups excluding carboxylic acids is 2. The lowest BCUT2D eigenvalue weighted by atomic mass is 10.1. The second-order valence-electron chi connectivity index (χ2n) is 6.67. The summed E-state index contributed by atoms with van der Waals surface area (Å²) in [5.74, 6) is -0.614. The number of amides is 2. The highest BCUT2D eigenvalue weighted by Gasteiger charge is 2.13. The molecule has 0 aliphatic carbocycles. The molecule has 0 aromatic heterocycles. The first-order valence-electron chi connectivity index (χ1n) is 9.14. The van der Waals surface area contributed by atoms with Crippen molar-refractivity contribution in [3.8, 4) is 0 Å². The number of benzene rings is 3. The molecule has 5 heteroatoms. The number of hydrogen-bond acceptors (Lipinski definition) is 2. The lowest BCUT2D eigenvalue weighted by molar-refractivity contribution is -0.111. The lowest BCUT2D eigenvalue weighted by Gasteiger charge is -2.11. The van der Waals surface area contributed by atoms with E-state index >= 15 is 0 Å². The van der Waals surface area contributed by atoms with Gasteiger partial charge in [-0.3, -0.25) is 9.59 Å². The Balaban J connectivity index is 1.72. The van der Waals surface area contributed by atoms with Crippen molar-refractivity contribution in [3.05, 3.63) is 100 Å². The standard InChI is InChI=1S/C24H21ClN2O2/c1-16-7-13-20(15-17(16)2)26-24(29)21-5-3-4-6-22(21)27-23(28)14-10-18-8-11-19(25)12-9-18/h3-15H,1-2H3,(H,26,29)(H,27,28)/b14-10+. The summed E-state index contributed by atoms with van der Waals surface area (Å²) < 4.78 is 0. The summed E-state index contributed by atoms with van der Waals surface area (Å²) in [5, 5.41) is 6.28. The van der Waals surface area contributed by atoms with Gasteiger partial charge in [0.05, 0.1) is 11.3 Å². The van der Waals surface area contributed by atoms with Gasteiger partial charge in [-0.1, -0.05) is 41.9 Å². The topological polar surface area (TPSA) is 58.2 Å². The van der Waals surface area contributed by atoms with Crippen molar-refractivity contribution >= 4 is 40.9 Å². The second kappa shape index (κ2) is 9.22. The van der Waals surface area contributed by atoms with Crippen LogP contribution >= 0.6 is 11.6 Å². The molecule has 3 aromatic carbocycles. The predicted octanol–water partition coefficient (Wildman–Crippen LogP) is 5.86. The molecule has 4 nitrogen and oxygen atoms in total. The predicted molar refractivity (Wildman–Crippen MR) is 119 cm³/mol. The molecular formula is C24H21ClN2O2. The SMILES string of the molecule is Cc1ccc(NC(=O)c2ccccc2NC(=O)/C=C/c2ccc(Cl)cc2)cc1C. The first-order chi connectivity index (χ1) is 13.9. The number of halogens is 1. The summed E-state index contributed by atoms with van der Waals surface area (Å²) in [7, 11) is 0. The summed E-state index contributed by atoms with van der Waals surface area (Å²) in [6.45, 7) is 4.01. The molecule has 0 fully saturated rings. The fourth-order valence-corrected chi connectivity index (χ4v) is 2.85. The normalized spacial score (nSPS) is 10.7. The average Bonchev–Trinajstić information content (AvgIpc) is 2.71. The second-order valence-corrected chi connectivity index (χ2v) is 7.11. The Morgan fingerprint density at radius 1 is 0.862 bits per heavy atom. The van der Waals surface area contributed by atoms with Gasteiger partial charge in [0, 0.05) is 16.8 Å². The van der Waals surface area contributed by atoms with Crippen molar-refractivity contribution in [2.24, 2.45) is 0 Å². The zero-order valence-electron chi connectivity index (χ0n) is 16.2. The number of rotatable bonds is 5. The van der Waals surface area contributed by atoms with Crippen LogP contribution in [0.4, 0.5) is 11.4 Å². The van der Waals surface area contributed by atoms with E-state index in [9.17, 15) is 9.59 Å². The van der Waals surface area contributed by atoms with Crippen molar-refractivity contribution in [1.82, 2.24) is 0 Å². The fraction of sp³-hybridized carbons (Fsp3) is 0.0833. The van der Waals surface area contributed by atoms with Crippen LogP contribution in [0.3, 0.4) is 0 Å². The molecule has 2 amide bonds. The van der Waals surface area contributed by atoms with Gasteiger partial charge in [0.1, 0.15) is 0 Å². The molecule has 29 heavy (non-hydrogen) atoms. The van der Waals surface area contributed by atoms with Crippen LogP contribution in [0.1, 0.15) is 27.0 Å². The molecule has 0 radical (unpaired) electrons. The molecule has 0 spiro atoms. The number of para-hydroxylation sites is 1. The quantitative estimate of drug-likeness (QED) is 0.523. The number of hydrogen-bond donors (Lipinski definition) is 2. The summed E-state index contributed by atoms with van der Waals surface area (Å²) in [6, 6.07) is 19.8. The smallest absolute Gasteiger partial charge is 0.257 e. The zero-order valence-corrected chi connectivity index (χ0v) is 17.0. The van der Waals surface area contributed by atoms with Crippen LogP contribution < -0.4 is 10.6 Å². The molecule has 0 atom stereocenters. The van der Waals surface area contributed by atoms with Crippen LogP contribution in [0.2, 0.25) is 5.02 Å². The molecular weight excluding hydrogens is 384 g/mol. The molecule has 0 aliphatic rings. The van der Waals surface area contributed by atoms with Crippen molar-refractivity contribution in [2.75, 3.05) is 10.6 Å². The fourth-order valence-electron chi connectivity index (χ4n) is 2.73. The first-order valence-corrected chi connectivity index (χ1v) is 9.52. The Labute approximate surface area is 175 Å². The summed E-state index contributed by atoms with van der Waals surface area (Å²) in [4.78, 5) is 25.0.